The molecule has 4 heteroatoms. The summed E-state index contributed by atoms with van der Waals surface area (Å²) in [6, 6.07) is 0.566. The van der Waals surface area contributed by atoms with E-state index in [9.17, 15) is 0 Å². The molecular weight excluding hydrogens is 212 g/mol. The van der Waals surface area contributed by atoms with Crippen LogP contribution in [0.15, 0.2) is 30.4 Å². The summed E-state index contributed by atoms with van der Waals surface area (Å²) in [7, 11) is 0. The Kier molecular flexibility index (Phi) is 2.52. The third kappa shape index (κ3) is 2.00. The van der Waals surface area contributed by atoms with Gasteiger partial charge in [-0.15, -0.1) is 0 Å². The molecule has 1 aromatic heterocycles. The maximum absolute atomic E-state index is 4.28. The van der Waals surface area contributed by atoms with E-state index in [1.165, 1.54) is 11.4 Å². The molecule has 17 heavy (non-hydrogen) atoms. The summed E-state index contributed by atoms with van der Waals surface area (Å²) >= 11 is 0. The highest BCUT2D eigenvalue weighted by Gasteiger charge is 2.22. The number of nitrogens with one attached hydrogen (secondary N) is 1. The summed E-state index contributed by atoms with van der Waals surface area (Å²) in [4.78, 5) is 6.73. The number of hydrogen-bond acceptors (Lipinski definition) is 3. The van der Waals surface area contributed by atoms with Crippen LogP contribution in [0.3, 0.4) is 0 Å². The van der Waals surface area contributed by atoms with E-state index in [-0.39, 0.29) is 0 Å². The normalized spacial score (nSPS) is 24.1. The predicted molar refractivity (Wildman–Crippen MR) is 68.4 cm³/mol. The van der Waals surface area contributed by atoms with Gasteiger partial charge in [0.1, 0.15) is 0 Å². The van der Waals surface area contributed by atoms with Crippen molar-refractivity contribution in [3.8, 4) is 0 Å². The number of aryl methyl sites for hydroxylation is 1. The van der Waals surface area contributed by atoms with Gasteiger partial charge in [0.05, 0.1) is 18.6 Å². The van der Waals surface area contributed by atoms with Crippen LogP contribution < -0.4 is 5.32 Å². The highest BCUT2D eigenvalue weighted by atomic mass is 15.2. The van der Waals surface area contributed by atoms with Crippen LogP contribution in [-0.2, 0) is 0 Å². The zero-order valence-electron chi connectivity index (χ0n) is 10.3. The molecule has 1 N–H and O–H groups in total. The van der Waals surface area contributed by atoms with Gasteiger partial charge in [0.25, 0.3) is 0 Å². The Morgan fingerprint density at radius 3 is 2.94 bits per heavy atom. The van der Waals surface area contributed by atoms with Crippen molar-refractivity contribution in [2.45, 2.75) is 19.9 Å². The van der Waals surface area contributed by atoms with E-state index in [4.69, 9.17) is 0 Å². The van der Waals surface area contributed by atoms with Crippen molar-refractivity contribution in [3.63, 3.8) is 0 Å². The average Bonchev–Trinajstić information content (AvgIpc) is 2.75. The Bertz CT molecular complexity index is 483. The van der Waals surface area contributed by atoms with Gasteiger partial charge in [-0.3, -0.25) is 0 Å². The largest absolute Gasteiger partial charge is 0.366 e. The summed E-state index contributed by atoms with van der Waals surface area (Å²) in [5, 5.41) is 3.48. The molecule has 3 heterocycles. The predicted octanol–water partition coefficient (Wildman–Crippen LogP) is 1.22. The lowest BCUT2D eigenvalue weighted by Crippen LogP contribution is -2.48. The maximum Gasteiger partial charge on any atom is 0.0993 e. The number of rotatable bonds is 1. The molecule has 0 amide bonds. The van der Waals surface area contributed by atoms with E-state index >= 15 is 0 Å². The first-order valence-electron chi connectivity index (χ1n) is 6.11. The zero-order chi connectivity index (χ0) is 11.8. The fourth-order valence-corrected chi connectivity index (χ4v) is 2.42. The SMILES string of the molecule is Cc1cn(C2=CC=C3CNC(C)CN3C2)cn1. The molecule has 1 atom stereocenters. The Labute approximate surface area is 102 Å². The van der Waals surface area contributed by atoms with Crippen LogP contribution in [0.4, 0.5) is 0 Å². The number of piperazine rings is 1. The highest BCUT2D eigenvalue weighted by Crippen LogP contribution is 2.20. The van der Waals surface area contributed by atoms with E-state index in [1.54, 1.807) is 0 Å². The standard InChI is InChI=1S/C13H18N4/c1-10-6-16-8-13(4-3-12(16)5-14-10)17-7-11(2)15-9-17/h3-4,7,9-10,14H,5-6,8H2,1-2H3. The van der Waals surface area contributed by atoms with Crippen LogP contribution in [0.2, 0.25) is 0 Å². The third-order valence-corrected chi connectivity index (χ3v) is 3.40. The van der Waals surface area contributed by atoms with Gasteiger partial charge in [0, 0.05) is 36.7 Å². The minimum Gasteiger partial charge on any atom is -0.366 e. The minimum absolute atomic E-state index is 0.566. The molecule has 1 aromatic rings. The van der Waals surface area contributed by atoms with Crippen LogP contribution in [0.5, 0.6) is 0 Å². The van der Waals surface area contributed by atoms with Crippen molar-refractivity contribution in [2.24, 2.45) is 0 Å². The van der Waals surface area contributed by atoms with Gasteiger partial charge in [-0.1, -0.05) is 0 Å². The fraction of sp³-hybridized carbons (Fsp3) is 0.462. The summed E-state index contributed by atoms with van der Waals surface area (Å²) in [5.74, 6) is 0. The number of aromatic nitrogens is 2. The monoisotopic (exact) mass is 230 g/mol. The molecule has 2 aliphatic rings. The fourth-order valence-electron chi connectivity index (χ4n) is 2.42. The second kappa shape index (κ2) is 4.04. The smallest absolute Gasteiger partial charge is 0.0993 e. The lowest BCUT2D eigenvalue weighted by molar-refractivity contribution is 0.281. The van der Waals surface area contributed by atoms with Gasteiger partial charge in [-0.05, 0) is 26.0 Å². The Hall–Kier alpha value is -1.55. The summed E-state index contributed by atoms with van der Waals surface area (Å²) in [5.41, 5.74) is 3.75. The Morgan fingerprint density at radius 2 is 2.18 bits per heavy atom. The molecule has 0 saturated carbocycles. The second-order valence-corrected chi connectivity index (χ2v) is 4.90. The average molecular weight is 230 g/mol. The van der Waals surface area contributed by atoms with Crippen molar-refractivity contribution in [1.82, 2.24) is 19.8 Å². The minimum atomic E-state index is 0.566. The first-order chi connectivity index (χ1) is 8.22. The topological polar surface area (TPSA) is 33.1 Å². The van der Waals surface area contributed by atoms with Gasteiger partial charge < -0.3 is 14.8 Å². The van der Waals surface area contributed by atoms with Crippen molar-refractivity contribution in [3.05, 3.63) is 36.1 Å². The van der Waals surface area contributed by atoms with Crippen molar-refractivity contribution < 1.29 is 0 Å². The molecular formula is C13H18N4. The van der Waals surface area contributed by atoms with Gasteiger partial charge in [-0.25, -0.2) is 4.98 Å². The van der Waals surface area contributed by atoms with Crippen LogP contribution in [-0.4, -0.2) is 40.1 Å². The molecule has 2 aliphatic heterocycles. The molecule has 1 fully saturated rings. The van der Waals surface area contributed by atoms with Crippen LogP contribution in [0.25, 0.3) is 5.70 Å². The molecule has 0 bridgehead atoms. The molecule has 3 rings (SSSR count). The molecule has 4 nitrogen and oxygen atoms in total. The van der Waals surface area contributed by atoms with E-state index < -0.39 is 0 Å². The maximum atomic E-state index is 4.28. The van der Waals surface area contributed by atoms with E-state index in [0.29, 0.717) is 6.04 Å². The summed E-state index contributed by atoms with van der Waals surface area (Å²) in [6.07, 6.45) is 8.39. The molecule has 0 aromatic carbocycles. The quantitative estimate of drug-likeness (QED) is 0.787. The van der Waals surface area contributed by atoms with Gasteiger partial charge in [0.2, 0.25) is 0 Å². The zero-order valence-corrected chi connectivity index (χ0v) is 10.3. The lowest BCUT2D eigenvalue weighted by atomic mass is 10.1. The molecule has 90 valence electrons. The second-order valence-electron chi connectivity index (χ2n) is 4.90. The molecule has 0 aliphatic carbocycles. The first-order valence-corrected chi connectivity index (χ1v) is 6.11. The number of hydrogen-bond donors (Lipinski definition) is 1. The van der Waals surface area contributed by atoms with E-state index in [1.807, 2.05) is 13.3 Å². The third-order valence-electron chi connectivity index (χ3n) is 3.40. The summed E-state index contributed by atoms with van der Waals surface area (Å²) in [6.45, 7) is 7.29. The molecule has 1 unspecified atom stereocenters. The number of imidazole rings is 1. The molecule has 1 saturated heterocycles. The number of nitrogens with zero attached hydrogens (tertiary/aromatic N) is 3. The lowest BCUT2D eigenvalue weighted by Gasteiger charge is -2.38. The number of allylic oxidation sites excluding steroid dienone is 2. The molecule has 0 radical (unpaired) electrons. The van der Waals surface area contributed by atoms with Crippen LogP contribution in [0, 0.1) is 6.92 Å². The van der Waals surface area contributed by atoms with Crippen LogP contribution >= 0.6 is 0 Å². The van der Waals surface area contributed by atoms with Crippen LogP contribution in [0.1, 0.15) is 12.6 Å². The first kappa shape index (κ1) is 10.6. The Morgan fingerprint density at radius 1 is 1.35 bits per heavy atom. The van der Waals surface area contributed by atoms with Crippen molar-refractivity contribution in [1.29, 1.82) is 0 Å². The van der Waals surface area contributed by atoms with Crippen molar-refractivity contribution in [2.75, 3.05) is 19.6 Å². The van der Waals surface area contributed by atoms with Gasteiger partial charge in [-0.2, -0.15) is 0 Å². The van der Waals surface area contributed by atoms with Crippen molar-refractivity contribution >= 4 is 5.70 Å². The number of fused-ring (bicyclic) bond motifs is 1. The Balaban J connectivity index is 1.85. The van der Waals surface area contributed by atoms with E-state index in [2.05, 4.69) is 45.0 Å². The van der Waals surface area contributed by atoms with Gasteiger partial charge in [0.15, 0.2) is 0 Å². The molecule has 0 spiro atoms. The van der Waals surface area contributed by atoms with E-state index in [0.717, 1.165) is 25.3 Å². The highest BCUT2D eigenvalue weighted by molar-refractivity contribution is 5.53. The summed E-state index contributed by atoms with van der Waals surface area (Å²) < 4.78 is 2.12. The van der Waals surface area contributed by atoms with Gasteiger partial charge >= 0.3 is 0 Å².